The van der Waals surface area contributed by atoms with Gasteiger partial charge in [-0.25, -0.2) is 4.79 Å². The highest BCUT2D eigenvalue weighted by molar-refractivity contribution is 9.10. The summed E-state index contributed by atoms with van der Waals surface area (Å²) in [7, 11) is 0. The summed E-state index contributed by atoms with van der Waals surface area (Å²) < 4.78 is 6.54. The van der Waals surface area contributed by atoms with Crippen molar-refractivity contribution in [3.05, 3.63) is 52.5 Å². The minimum atomic E-state index is -0.655. The molecule has 3 rings (SSSR count). The monoisotopic (exact) mass is 417 g/mol. The normalized spacial score (nSPS) is 14.7. The molecule has 136 valence electrons. The van der Waals surface area contributed by atoms with E-state index in [4.69, 9.17) is 4.74 Å². The molecule has 0 radical (unpaired) electrons. The molecule has 0 spiro atoms. The molecule has 2 aromatic carbocycles. The number of amides is 3. The van der Waals surface area contributed by atoms with Gasteiger partial charge in [-0.15, -0.1) is 0 Å². The number of nitrogens with zero attached hydrogens (tertiary/aromatic N) is 1. The number of ether oxygens (including phenoxy) is 1. The molecule has 2 N–H and O–H groups in total. The maximum atomic E-state index is 12.4. The molecule has 1 aliphatic heterocycles. The van der Waals surface area contributed by atoms with E-state index in [0.29, 0.717) is 24.5 Å². The van der Waals surface area contributed by atoms with Crippen LogP contribution in [0.25, 0.3) is 0 Å². The lowest BCUT2D eigenvalue weighted by molar-refractivity contribution is -0.122. The van der Waals surface area contributed by atoms with Crippen LogP contribution in [0.2, 0.25) is 0 Å². The molecule has 0 saturated carbocycles. The van der Waals surface area contributed by atoms with Crippen LogP contribution in [-0.2, 0) is 4.79 Å². The van der Waals surface area contributed by atoms with Gasteiger partial charge >= 0.3 is 6.03 Å². The summed E-state index contributed by atoms with van der Waals surface area (Å²) in [5.74, 6) is 0.373. The molecule has 3 amide bonds. The SMILES string of the molecule is Cc1ccc(OC(C)C(=O)Nc2ccc(N3CCNC3=O)cc2)c(Br)c1. The number of hydrogen-bond acceptors (Lipinski definition) is 3. The van der Waals surface area contributed by atoms with E-state index in [0.717, 1.165) is 15.7 Å². The largest absolute Gasteiger partial charge is 0.480 e. The molecule has 0 aromatic heterocycles. The fourth-order valence-corrected chi connectivity index (χ4v) is 3.22. The van der Waals surface area contributed by atoms with Gasteiger partial charge in [0.25, 0.3) is 5.91 Å². The van der Waals surface area contributed by atoms with Gasteiger partial charge in [0.2, 0.25) is 0 Å². The van der Waals surface area contributed by atoms with Crippen molar-refractivity contribution >= 4 is 39.2 Å². The van der Waals surface area contributed by atoms with Gasteiger partial charge in [-0.05, 0) is 71.7 Å². The molecule has 2 aromatic rings. The zero-order valence-corrected chi connectivity index (χ0v) is 16.2. The van der Waals surface area contributed by atoms with E-state index >= 15 is 0 Å². The van der Waals surface area contributed by atoms with Gasteiger partial charge in [0.15, 0.2) is 6.10 Å². The smallest absolute Gasteiger partial charge is 0.321 e. The summed E-state index contributed by atoms with van der Waals surface area (Å²) >= 11 is 3.44. The lowest BCUT2D eigenvalue weighted by Gasteiger charge is -2.17. The second kappa shape index (κ2) is 7.78. The molecule has 1 fully saturated rings. The molecule has 1 heterocycles. The first-order valence-electron chi connectivity index (χ1n) is 8.33. The zero-order chi connectivity index (χ0) is 18.7. The number of anilines is 2. The topological polar surface area (TPSA) is 70.7 Å². The van der Waals surface area contributed by atoms with Crippen molar-refractivity contribution in [1.29, 1.82) is 0 Å². The molecule has 0 aliphatic carbocycles. The van der Waals surface area contributed by atoms with Crippen LogP contribution < -0.4 is 20.3 Å². The van der Waals surface area contributed by atoms with E-state index in [2.05, 4.69) is 26.6 Å². The Balaban J connectivity index is 1.61. The highest BCUT2D eigenvalue weighted by atomic mass is 79.9. The van der Waals surface area contributed by atoms with Crippen molar-refractivity contribution in [2.75, 3.05) is 23.3 Å². The Bertz CT molecular complexity index is 823. The van der Waals surface area contributed by atoms with Gasteiger partial charge in [0, 0.05) is 24.5 Å². The Morgan fingerprint density at radius 2 is 2.00 bits per heavy atom. The van der Waals surface area contributed by atoms with Crippen LogP contribution in [0.5, 0.6) is 5.75 Å². The van der Waals surface area contributed by atoms with E-state index in [1.54, 1.807) is 24.0 Å². The van der Waals surface area contributed by atoms with E-state index in [1.165, 1.54) is 0 Å². The quantitative estimate of drug-likeness (QED) is 0.778. The van der Waals surface area contributed by atoms with E-state index in [9.17, 15) is 9.59 Å². The summed E-state index contributed by atoms with van der Waals surface area (Å²) in [4.78, 5) is 25.7. The predicted octanol–water partition coefficient (Wildman–Crippen LogP) is 3.69. The molecular formula is C19H20BrN3O3. The Labute approximate surface area is 160 Å². The fraction of sp³-hybridized carbons (Fsp3) is 0.263. The Morgan fingerprint density at radius 3 is 2.62 bits per heavy atom. The number of benzene rings is 2. The predicted molar refractivity (Wildman–Crippen MR) is 105 cm³/mol. The summed E-state index contributed by atoms with van der Waals surface area (Å²) in [5.41, 5.74) is 2.55. The molecule has 7 heteroatoms. The third-order valence-corrected chi connectivity index (χ3v) is 4.68. The zero-order valence-electron chi connectivity index (χ0n) is 14.6. The van der Waals surface area contributed by atoms with Crippen LogP contribution in [0, 0.1) is 6.92 Å². The molecule has 1 atom stereocenters. The van der Waals surface area contributed by atoms with Crippen LogP contribution in [0.4, 0.5) is 16.2 Å². The van der Waals surface area contributed by atoms with Gasteiger partial charge in [-0.2, -0.15) is 0 Å². The average molecular weight is 418 g/mol. The number of halogens is 1. The molecule has 6 nitrogen and oxygen atoms in total. The lowest BCUT2D eigenvalue weighted by atomic mass is 10.2. The van der Waals surface area contributed by atoms with Crippen LogP contribution in [0.1, 0.15) is 12.5 Å². The van der Waals surface area contributed by atoms with E-state index in [-0.39, 0.29) is 11.9 Å². The number of nitrogens with one attached hydrogen (secondary N) is 2. The van der Waals surface area contributed by atoms with Crippen LogP contribution in [0.15, 0.2) is 46.9 Å². The number of carbonyl (C=O) groups is 2. The molecule has 1 saturated heterocycles. The minimum absolute atomic E-state index is 0.104. The van der Waals surface area contributed by atoms with Crippen LogP contribution in [0.3, 0.4) is 0 Å². The van der Waals surface area contributed by atoms with Crippen molar-refractivity contribution in [3.63, 3.8) is 0 Å². The molecule has 26 heavy (non-hydrogen) atoms. The maximum absolute atomic E-state index is 12.4. The van der Waals surface area contributed by atoms with Crippen molar-refractivity contribution in [2.24, 2.45) is 0 Å². The molecule has 1 unspecified atom stereocenters. The third-order valence-electron chi connectivity index (χ3n) is 4.06. The standard InChI is InChI=1S/C19H20BrN3O3/c1-12-3-8-17(16(20)11-12)26-13(2)18(24)22-14-4-6-15(7-5-14)23-10-9-21-19(23)25/h3-8,11,13H,9-10H2,1-2H3,(H,21,25)(H,22,24). The number of carbonyl (C=O) groups excluding carboxylic acids is 2. The number of hydrogen-bond donors (Lipinski definition) is 2. The summed E-state index contributed by atoms with van der Waals surface area (Å²) in [6.45, 7) is 4.96. The van der Waals surface area contributed by atoms with Crippen molar-refractivity contribution in [1.82, 2.24) is 5.32 Å². The Kier molecular flexibility index (Phi) is 5.46. The van der Waals surface area contributed by atoms with Crippen LogP contribution >= 0.6 is 15.9 Å². The number of urea groups is 1. The first-order chi connectivity index (χ1) is 12.4. The third kappa shape index (κ3) is 4.16. The second-order valence-electron chi connectivity index (χ2n) is 6.11. The van der Waals surface area contributed by atoms with E-state index in [1.807, 2.05) is 37.3 Å². The van der Waals surface area contributed by atoms with Gasteiger partial charge in [0.1, 0.15) is 5.75 Å². The first-order valence-corrected chi connectivity index (χ1v) is 9.12. The minimum Gasteiger partial charge on any atom is -0.480 e. The van der Waals surface area contributed by atoms with Gasteiger partial charge in [-0.3, -0.25) is 9.69 Å². The summed E-state index contributed by atoms with van der Waals surface area (Å²) in [6, 6.07) is 12.8. The summed E-state index contributed by atoms with van der Waals surface area (Å²) in [5, 5.41) is 5.58. The van der Waals surface area contributed by atoms with Crippen molar-refractivity contribution in [2.45, 2.75) is 20.0 Å². The van der Waals surface area contributed by atoms with Gasteiger partial charge in [-0.1, -0.05) is 6.07 Å². The number of rotatable bonds is 5. The molecule has 0 bridgehead atoms. The molecular weight excluding hydrogens is 398 g/mol. The van der Waals surface area contributed by atoms with Crippen LogP contribution in [-0.4, -0.2) is 31.1 Å². The Hall–Kier alpha value is -2.54. The Morgan fingerprint density at radius 1 is 1.27 bits per heavy atom. The number of aryl methyl sites for hydroxylation is 1. The average Bonchev–Trinajstić information content (AvgIpc) is 3.04. The van der Waals surface area contributed by atoms with E-state index < -0.39 is 6.10 Å². The van der Waals surface area contributed by atoms with Crippen molar-refractivity contribution in [3.8, 4) is 5.75 Å². The maximum Gasteiger partial charge on any atom is 0.321 e. The molecule has 1 aliphatic rings. The van der Waals surface area contributed by atoms with Crippen molar-refractivity contribution < 1.29 is 14.3 Å². The van der Waals surface area contributed by atoms with Gasteiger partial charge < -0.3 is 15.4 Å². The highest BCUT2D eigenvalue weighted by Gasteiger charge is 2.21. The second-order valence-corrected chi connectivity index (χ2v) is 6.97. The first kappa shape index (κ1) is 18.3. The fourth-order valence-electron chi connectivity index (χ4n) is 2.63. The highest BCUT2D eigenvalue weighted by Crippen LogP contribution is 2.27. The van der Waals surface area contributed by atoms with Gasteiger partial charge in [0.05, 0.1) is 4.47 Å². The summed E-state index contributed by atoms with van der Waals surface area (Å²) in [6.07, 6.45) is -0.655. The lowest BCUT2D eigenvalue weighted by Crippen LogP contribution is -2.30.